The number of nitrogens with zero attached hydrogens (tertiary/aromatic N) is 3. The standard InChI is InChI=1S/C12H15FN4O/c1-8(10-4-3-9(13)5-11(10)18)14-6-12-15-7-17(2)16-12/h3-5,7-8,14,18H,6H2,1-2H3. The molecular formula is C12H15FN4O. The number of aromatic nitrogens is 3. The topological polar surface area (TPSA) is 63.0 Å². The molecule has 0 spiro atoms. The van der Waals surface area contributed by atoms with Gasteiger partial charge in [-0.15, -0.1) is 0 Å². The van der Waals surface area contributed by atoms with Crippen molar-refractivity contribution in [1.29, 1.82) is 0 Å². The maximum atomic E-state index is 12.9. The molecule has 6 heteroatoms. The summed E-state index contributed by atoms with van der Waals surface area (Å²) in [5.74, 6) is 0.171. The second kappa shape index (κ2) is 5.14. The third kappa shape index (κ3) is 2.84. The zero-order chi connectivity index (χ0) is 13.1. The Morgan fingerprint density at radius 3 is 2.89 bits per heavy atom. The first kappa shape index (κ1) is 12.5. The van der Waals surface area contributed by atoms with Crippen LogP contribution in [-0.2, 0) is 13.6 Å². The number of benzene rings is 1. The van der Waals surface area contributed by atoms with Crippen LogP contribution in [0.3, 0.4) is 0 Å². The summed E-state index contributed by atoms with van der Waals surface area (Å²) in [7, 11) is 1.80. The molecule has 1 unspecified atom stereocenters. The lowest BCUT2D eigenvalue weighted by Crippen LogP contribution is -2.19. The molecule has 2 N–H and O–H groups in total. The highest BCUT2D eigenvalue weighted by Gasteiger charge is 2.11. The summed E-state index contributed by atoms with van der Waals surface area (Å²) in [4.78, 5) is 4.08. The second-order valence-corrected chi connectivity index (χ2v) is 4.14. The van der Waals surface area contributed by atoms with Gasteiger partial charge < -0.3 is 10.4 Å². The van der Waals surface area contributed by atoms with Gasteiger partial charge in [0.2, 0.25) is 0 Å². The van der Waals surface area contributed by atoms with Crippen LogP contribution in [0.1, 0.15) is 24.4 Å². The molecule has 2 rings (SSSR count). The first-order valence-electron chi connectivity index (χ1n) is 5.62. The molecule has 0 fully saturated rings. The van der Waals surface area contributed by atoms with Crippen molar-refractivity contribution in [2.24, 2.45) is 7.05 Å². The minimum absolute atomic E-state index is 0.0519. The zero-order valence-electron chi connectivity index (χ0n) is 10.3. The number of aromatic hydroxyl groups is 1. The average molecular weight is 250 g/mol. The number of nitrogens with one attached hydrogen (secondary N) is 1. The maximum absolute atomic E-state index is 12.9. The fraction of sp³-hybridized carbons (Fsp3) is 0.333. The predicted molar refractivity (Wildman–Crippen MR) is 64.3 cm³/mol. The van der Waals surface area contributed by atoms with Crippen LogP contribution in [0, 0.1) is 5.82 Å². The molecule has 18 heavy (non-hydrogen) atoms. The molecule has 2 aromatic rings. The lowest BCUT2D eigenvalue weighted by Gasteiger charge is -2.14. The van der Waals surface area contributed by atoms with Crippen LogP contribution in [-0.4, -0.2) is 19.9 Å². The Morgan fingerprint density at radius 2 is 2.28 bits per heavy atom. The Labute approximate surface area is 104 Å². The fourth-order valence-electron chi connectivity index (χ4n) is 1.70. The van der Waals surface area contributed by atoms with Crippen LogP contribution >= 0.6 is 0 Å². The Morgan fingerprint density at radius 1 is 1.50 bits per heavy atom. The summed E-state index contributed by atoms with van der Waals surface area (Å²) in [6, 6.07) is 3.88. The van der Waals surface area contributed by atoms with Crippen molar-refractivity contribution in [3.63, 3.8) is 0 Å². The molecule has 1 heterocycles. The van der Waals surface area contributed by atoms with Gasteiger partial charge in [-0.05, 0) is 13.0 Å². The van der Waals surface area contributed by atoms with Crippen molar-refractivity contribution >= 4 is 0 Å². The first-order chi connectivity index (χ1) is 8.56. The van der Waals surface area contributed by atoms with Crippen molar-refractivity contribution in [3.05, 3.63) is 41.7 Å². The number of phenols is 1. The highest BCUT2D eigenvalue weighted by molar-refractivity contribution is 5.34. The van der Waals surface area contributed by atoms with E-state index in [1.54, 1.807) is 24.1 Å². The largest absolute Gasteiger partial charge is 0.508 e. The monoisotopic (exact) mass is 250 g/mol. The van der Waals surface area contributed by atoms with E-state index in [2.05, 4.69) is 15.4 Å². The summed E-state index contributed by atoms with van der Waals surface area (Å²) in [5.41, 5.74) is 0.646. The maximum Gasteiger partial charge on any atom is 0.164 e. The Hall–Kier alpha value is -1.95. The van der Waals surface area contributed by atoms with Gasteiger partial charge in [-0.25, -0.2) is 9.37 Å². The van der Waals surface area contributed by atoms with E-state index in [4.69, 9.17) is 0 Å². The van der Waals surface area contributed by atoms with Gasteiger partial charge >= 0.3 is 0 Å². The Bertz CT molecular complexity index is 541. The fourth-order valence-corrected chi connectivity index (χ4v) is 1.70. The number of halogens is 1. The van der Waals surface area contributed by atoms with Gasteiger partial charge in [-0.2, -0.15) is 5.10 Å². The number of rotatable bonds is 4. The summed E-state index contributed by atoms with van der Waals surface area (Å²) < 4.78 is 14.5. The number of hydrogen-bond acceptors (Lipinski definition) is 4. The van der Waals surface area contributed by atoms with Crippen molar-refractivity contribution < 1.29 is 9.50 Å². The minimum Gasteiger partial charge on any atom is -0.508 e. The van der Waals surface area contributed by atoms with Gasteiger partial charge in [0, 0.05) is 24.7 Å². The Kier molecular flexibility index (Phi) is 3.57. The van der Waals surface area contributed by atoms with E-state index < -0.39 is 5.82 Å². The molecule has 1 aromatic heterocycles. The van der Waals surface area contributed by atoms with E-state index >= 15 is 0 Å². The number of aryl methyl sites for hydroxylation is 1. The van der Waals surface area contributed by atoms with E-state index in [1.807, 2.05) is 6.92 Å². The van der Waals surface area contributed by atoms with E-state index in [1.165, 1.54) is 6.07 Å². The number of hydrogen-bond donors (Lipinski definition) is 2. The highest BCUT2D eigenvalue weighted by Crippen LogP contribution is 2.24. The summed E-state index contributed by atoms with van der Waals surface area (Å²) >= 11 is 0. The van der Waals surface area contributed by atoms with E-state index in [9.17, 15) is 9.50 Å². The van der Waals surface area contributed by atoms with Gasteiger partial charge in [0.05, 0.1) is 6.54 Å². The van der Waals surface area contributed by atoms with Crippen LogP contribution in [0.4, 0.5) is 4.39 Å². The molecule has 96 valence electrons. The highest BCUT2D eigenvalue weighted by atomic mass is 19.1. The molecule has 0 aliphatic rings. The van der Waals surface area contributed by atoms with Crippen LogP contribution in [0.5, 0.6) is 5.75 Å². The van der Waals surface area contributed by atoms with Crippen LogP contribution in [0.2, 0.25) is 0 Å². The molecule has 0 aliphatic heterocycles. The van der Waals surface area contributed by atoms with Gasteiger partial charge in [0.1, 0.15) is 17.9 Å². The molecule has 0 saturated heterocycles. The molecule has 0 saturated carbocycles. The quantitative estimate of drug-likeness (QED) is 0.863. The van der Waals surface area contributed by atoms with Gasteiger partial charge in [0.25, 0.3) is 0 Å². The molecule has 0 amide bonds. The van der Waals surface area contributed by atoms with Crippen molar-refractivity contribution in [2.75, 3.05) is 0 Å². The van der Waals surface area contributed by atoms with Crippen molar-refractivity contribution in [1.82, 2.24) is 20.1 Å². The molecule has 0 radical (unpaired) electrons. The van der Waals surface area contributed by atoms with E-state index in [0.29, 0.717) is 17.9 Å². The summed E-state index contributed by atoms with van der Waals surface area (Å²) in [6.07, 6.45) is 1.62. The van der Waals surface area contributed by atoms with Gasteiger partial charge in [0.15, 0.2) is 5.82 Å². The minimum atomic E-state index is -0.449. The second-order valence-electron chi connectivity index (χ2n) is 4.14. The molecular weight excluding hydrogens is 235 g/mol. The lowest BCUT2D eigenvalue weighted by molar-refractivity contribution is 0.445. The van der Waals surface area contributed by atoms with Crippen LogP contribution < -0.4 is 5.32 Å². The normalized spacial score (nSPS) is 12.6. The van der Waals surface area contributed by atoms with E-state index in [0.717, 1.165) is 6.07 Å². The van der Waals surface area contributed by atoms with Gasteiger partial charge in [-0.1, -0.05) is 6.07 Å². The van der Waals surface area contributed by atoms with Crippen LogP contribution in [0.15, 0.2) is 24.5 Å². The first-order valence-corrected chi connectivity index (χ1v) is 5.62. The predicted octanol–water partition coefficient (Wildman–Crippen LogP) is 1.51. The molecule has 1 aromatic carbocycles. The Balaban J connectivity index is 2.01. The zero-order valence-corrected chi connectivity index (χ0v) is 10.3. The SMILES string of the molecule is CC(NCc1ncn(C)n1)c1ccc(F)cc1O. The summed E-state index contributed by atoms with van der Waals surface area (Å²) in [5, 5.41) is 16.9. The molecule has 0 aliphatic carbocycles. The molecule has 0 bridgehead atoms. The van der Waals surface area contributed by atoms with Crippen LogP contribution in [0.25, 0.3) is 0 Å². The average Bonchev–Trinajstić information content (AvgIpc) is 2.72. The smallest absolute Gasteiger partial charge is 0.164 e. The molecule has 1 atom stereocenters. The third-order valence-electron chi connectivity index (χ3n) is 2.67. The van der Waals surface area contributed by atoms with Gasteiger partial charge in [-0.3, -0.25) is 4.68 Å². The van der Waals surface area contributed by atoms with Crippen molar-refractivity contribution in [3.8, 4) is 5.75 Å². The summed E-state index contributed by atoms with van der Waals surface area (Å²) in [6.45, 7) is 2.37. The third-order valence-corrected chi connectivity index (χ3v) is 2.67. The van der Waals surface area contributed by atoms with Crippen molar-refractivity contribution in [2.45, 2.75) is 19.5 Å². The lowest BCUT2D eigenvalue weighted by atomic mass is 10.1. The molecule has 5 nitrogen and oxygen atoms in total. The number of phenolic OH excluding ortho intramolecular Hbond substituents is 1. The van der Waals surface area contributed by atoms with E-state index in [-0.39, 0.29) is 11.8 Å².